The molecule has 1 saturated heterocycles. The summed E-state index contributed by atoms with van der Waals surface area (Å²) >= 11 is 0. The third-order valence-corrected chi connectivity index (χ3v) is 6.63. The first-order valence-electron chi connectivity index (χ1n) is 10.4. The standard InChI is InChI=1S/C22H31N3O5S/c1-22(2,3)31(28)23-7-6-15-12-16(21(27)24(4)5)13-17-18(26)14-19(30-20(15)17)25-8-10-29-11-9-25/h12-14,23H,6-11H2,1-5H3. The Morgan fingerprint density at radius 2 is 1.87 bits per heavy atom. The summed E-state index contributed by atoms with van der Waals surface area (Å²) in [4.78, 5) is 29.0. The van der Waals surface area contributed by atoms with Crippen LogP contribution in [0.1, 0.15) is 36.7 Å². The number of benzene rings is 1. The van der Waals surface area contributed by atoms with Crippen molar-refractivity contribution >= 4 is 33.7 Å². The van der Waals surface area contributed by atoms with Gasteiger partial charge in [0.05, 0.1) is 34.3 Å². The highest BCUT2D eigenvalue weighted by Gasteiger charge is 2.21. The normalized spacial score (nSPS) is 15.8. The van der Waals surface area contributed by atoms with Gasteiger partial charge in [0, 0.05) is 45.4 Å². The number of rotatable bonds is 6. The van der Waals surface area contributed by atoms with E-state index in [0.29, 0.717) is 61.7 Å². The molecule has 0 aliphatic carbocycles. The minimum atomic E-state index is -1.22. The molecule has 8 nitrogen and oxygen atoms in total. The quantitative estimate of drug-likeness (QED) is 0.725. The second kappa shape index (κ2) is 9.50. The molecular weight excluding hydrogens is 418 g/mol. The predicted molar refractivity (Wildman–Crippen MR) is 123 cm³/mol. The number of ether oxygens (including phenoxy) is 1. The average Bonchev–Trinajstić information content (AvgIpc) is 2.73. The molecule has 1 aromatic heterocycles. The monoisotopic (exact) mass is 449 g/mol. The summed E-state index contributed by atoms with van der Waals surface area (Å²) in [6, 6.07) is 4.84. The van der Waals surface area contributed by atoms with Gasteiger partial charge in [0.15, 0.2) is 11.3 Å². The number of nitrogens with one attached hydrogen (secondary N) is 1. The Kier molecular flexibility index (Phi) is 7.18. The number of nitrogens with zero attached hydrogens (tertiary/aromatic N) is 2. The van der Waals surface area contributed by atoms with Gasteiger partial charge >= 0.3 is 0 Å². The van der Waals surface area contributed by atoms with Crippen LogP contribution >= 0.6 is 0 Å². The Morgan fingerprint density at radius 1 is 1.19 bits per heavy atom. The number of anilines is 1. The van der Waals surface area contributed by atoms with E-state index in [4.69, 9.17) is 9.15 Å². The first-order valence-corrected chi connectivity index (χ1v) is 11.5. The SMILES string of the molecule is CN(C)C(=O)c1cc(CCNS(=O)C(C)(C)C)c2oc(N3CCOCC3)cc(=O)c2c1. The highest BCUT2D eigenvalue weighted by Crippen LogP contribution is 2.25. The molecule has 0 saturated carbocycles. The largest absolute Gasteiger partial charge is 0.440 e. The van der Waals surface area contributed by atoms with Gasteiger partial charge in [0.2, 0.25) is 0 Å². The van der Waals surface area contributed by atoms with Gasteiger partial charge in [0.25, 0.3) is 5.91 Å². The van der Waals surface area contributed by atoms with Gasteiger partial charge in [-0.05, 0) is 44.9 Å². The molecule has 170 valence electrons. The van der Waals surface area contributed by atoms with E-state index < -0.39 is 11.0 Å². The average molecular weight is 450 g/mol. The lowest BCUT2D eigenvalue weighted by Gasteiger charge is -2.27. The number of morpholine rings is 1. The predicted octanol–water partition coefficient (Wildman–Crippen LogP) is 1.93. The molecule has 0 bridgehead atoms. The first-order chi connectivity index (χ1) is 14.6. The van der Waals surface area contributed by atoms with E-state index in [0.717, 1.165) is 5.56 Å². The number of carbonyl (C=O) groups is 1. The molecular formula is C22H31N3O5S. The molecule has 1 aromatic carbocycles. The van der Waals surface area contributed by atoms with Crippen molar-refractivity contribution in [3.05, 3.63) is 39.5 Å². The lowest BCUT2D eigenvalue weighted by Crippen LogP contribution is -2.36. The molecule has 1 atom stereocenters. The van der Waals surface area contributed by atoms with Gasteiger partial charge < -0.3 is 19.0 Å². The van der Waals surface area contributed by atoms with Crippen molar-refractivity contribution in [3.63, 3.8) is 0 Å². The van der Waals surface area contributed by atoms with Crippen molar-refractivity contribution in [2.24, 2.45) is 0 Å². The van der Waals surface area contributed by atoms with Crippen LogP contribution in [0.15, 0.2) is 27.4 Å². The fourth-order valence-corrected chi connectivity index (χ4v) is 4.04. The second-order valence-electron chi connectivity index (χ2n) is 8.79. The molecule has 1 unspecified atom stereocenters. The number of amides is 1. The van der Waals surface area contributed by atoms with Gasteiger partial charge in [0.1, 0.15) is 5.58 Å². The molecule has 1 aliphatic heterocycles. The van der Waals surface area contributed by atoms with Crippen molar-refractivity contribution in [2.45, 2.75) is 31.9 Å². The zero-order valence-corrected chi connectivity index (χ0v) is 19.6. The number of hydrogen-bond acceptors (Lipinski definition) is 6. The molecule has 0 spiro atoms. The van der Waals surface area contributed by atoms with Crippen LogP contribution in [0.4, 0.5) is 5.88 Å². The van der Waals surface area contributed by atoms with Crippen LogP contribution < -0.4 is 15.1 Å². The summed E-state index contributed by atoms with van der Waals surface area (Å²) in [5.41, 5.74) is 1.43. The summed E-state index contributed by atoms with van der Waals surface area (Å²) in [6.07, 6.45) is 0.461. The lowest BCUT2D eigenvalue weighted by molar-refractivity contribution is 0.0827. The molecule has 1 amide bonds. The van der Waals surface area contributed by atoms with E-state index in [2.05, 4.69) is 4.72 Å². The van der Waals surface area contributed by atoms with E-state index in [9.17, 15) is 13.8 Å². The first kappa shape index (κ1) is 23.4. The highest BCUT2D eigenvalue weighted by molar-refractivity contribution is 7.84. The van der Waals surface area contributed by atoms with Crippen LogP contribution in [-0.2, 0) is 22.1 Å². The Hall–Kier alpha value is -2.23. The Labute approximate surface area is 185 Å². The summed E-state index contributed by atoms with van der Waals surface area (Å²) in [7, 11) is 2.12. The maximum atomic E-state index is 12.9. The molecule has 31 heavy (non-hydrogen) atoms. The summed E-state index contributed by atoms with van der Waals surface area (Å²) < 4.78 is 26.6. The van der Waals surface area contributed by atoms with Gasteiger partial charge in [-0.3, -0.25) is 9.59 Å². The lowest BCUT2D eigenvalue weighted by atomic mass is 10.0. The molecule has 1 aliphatic rings. The smallest absolute Gasteiger partial charge is 0.253 e. The van der Waals surface area contributed by atoms with E-state index in [1.807, 2.05) is 25.7 Å². The third-order valence-electron chi connectivity index (χ3n) is 5.05. The highest BCUT2D eigenvalue weighted by atomic mass is 32.2. The zero-order valence-electron chi connectivity index (χ0n) is 18.8. The van der Waals surface area contributed by atoms with Crippen molar-refractivity contribution in [2.75, 3.05) is 51.8 Å². The zero-order chi connectivity index (χ0) is 22.8. The summed E-state index contributed by atoms with van der Waals surface area (Å²) in [5.74, 6) is 0.311. The minimum Gasteiger partial charge on any atom is -0.440 e. The van der Waals surface area contributed by atoms with E-state index >= 15 is 0 Å². The van der Waals surface area contributed by atoms with Crippen LogP contribution in [0.3, 0.4) is 0 Å². The van der Waals surface area contributed by atoms with Crippen molar-refractivity contribution in [3.8, 4) is 0 Å². The Bertz CT molecular complexity index is 1040. The van der Waals surface area contributed by atoms with Crippen LogP contribution in [0.5, 0.6) is 0 Å². The fraction of sp³-hybridized carbons (Fsp3) is 0.545. The Balaban J connectivity index is 2.02. The minimum absolute atomic E-state index is 0.189. The maximum Gasteiger partial charge on any atom is 0.253 e. The van der Waals surface area contributed by atoms with Crippen molar-refractivity contribution in [1.29, 1.82) is 0 Å². The van der Waals surface area contributed by atoms with Crippen LogP contribution in [-0.4, -0.2) is 66.7 Å². The number of fused-ring (bicyclic) bond motifs is 1. The van der Waals surface area contributed by atoms with Crippen molar-refractivity contribution in [1.82, 2.24) is 9.62 Å². The van der Waals surface area contributed by atoms with Gasteiger partial charge in [-0.25, -0.2) is 8.93 Å². The van der Waals surface area contributed by atoms with Gasteiger partial charge in [-0.2, -0.15) is 0 Å². The van der Waals surface area contributed by atoms with E-state index in [1.165, 1.54) is 11.0 Å². The van der Waals surface area contributed by atoms with Gasteiger partial charge in [-0.1, -0.05) is 0 Å². The second-order valence-corrected chi connectivity index (χ2v) is 10.8. The van der Waals surface area contributed by atoms with E-state index in [-0.39, 0.29) is 16.1 Å². The fourth-order valence-electron chi connectivity index (χ4n) is 3.32. The molecule has 0 radical (unpaired) electrons. The van der Waals surface area contributed by atoms with Crippen molar-refractivity contribution < 1.29 is 18.2 Å². The number of hydrogen-bond donors (Lipinski definition) is 1. The topological polar surface area (TPSA) is 92.1 Å². The molecule has 9 heteroatoms. The number of carbonyl (C=O) groups excluding carboxylic acids is 1. The summed E-state index contributed by atoms with van der Waals surface area (Å²) in [5, 5.41) is 0.372. The molecule has 1 N–H and O–H groups in total. The summed E-state index contributed by atoms with van der Waals surface area (Å²) in [6.45, 7) is 8.56. The van der Waals surface area contributed by atoms with Crippen LogP contribution in [0.25, 0.3) is 11.0 Å². The molecule has 1 fully saturated rings. The molecule has 2 heterocycles. The third kappa shape index (κ3) is 5.53. The van der Waals surface area contributed by atoms with Crippen LogP contribution in [0, 0.1) is 0 Å². The van der Waals surface area contributed by atoms with Crippen LogP contribution in [0.2, 0.25) is 0 Å². The van der Waals surface area contributed by atoms with E-state index in [1.54, 1.807) is 26.2 Å². The van der Waals surface area contributed by atoms with Gasteiger partial charge in [-0.15, -0.1) is 0 Å². The molecule has 2 aromatic rings. The molecule has 3 rings (SSSR count). The maximum absolute atomic E-state index is 12.9. The Morgan fingerprint density at radius 3 is 2.48 bits per heavy atom.